The Morgan fingerprint density at radius 3 is 2.51 bits per heavy atom. The van der Waals surface area contributed by atoms with Gasteiger partial charge in [-0.05, 0) is 63.6 Å². The smallest absolute Gasteiger partial charge is 0.245 e. The molecular formula is C35H63N5O5. The van der Waals surface area contributed by atoms with Gasteiger partial charge in [-0.2, -0.15) is 0 Å². The molecule has 2 heterocycles. The number of fused-ring (bicyclic) bond motifs is 1. The minimum Gasteiger partial charge on any atom is -0.382 e. The van der Waals surface area contributed by atoms with E-state index >= 15 is 0 Å². The molecule has 3 atom stereocenters. The first-order valence-corrected chi connectivity index (χ1v) is 17.2. The molecule has 10 nitrogen and oxygen atoms in total. The molecule has 258 valence electrons. The lowest BCUT2D eigenvalue weighted by Gasteiger charge is -2.35. The highest BCUT2D eigenvalue weighted by Crippen LogP contribution is 2.31. The number of aromatic nitrogens is 1. The first kappa shape index (κ1) is 35.2. The molecule has 0 radical (unpaired) electrons. The number of amides is 2. The number of ether oxygens (including phenoxy) is 3. The topological polar surface area (TPSA) is 106 Å². The molecule has 1 aliphatic heterocycles. The number of nitrogens with one attached hydrogen (secondary N) is 3. The quantitative estimate of drug-likeness (QED) is 0.185. The normalized spacial score (nSPS) is 18.8. The molecule has 10 heteroatoms. The van der Waals surface area contributed by atoms with Crippen molar-refractivity contribution in [2.45, 2.75) is 96.3 Å². The molecule has 2 amide bonds. The van der Waals surface area contributed by atoms with Gasteiger partial charge in [0.05, 0.1) is 50.3 Å². The molecule has 3 N–H and O–H groups in total. The number of carbonyl (C=O) groups is 2. The van der Waals surface area contributed by atoms with Crippen LogP contribution in [0.5, 0.6) is 0 Å². The summed E-state index contributed by atoms with van der Waals surface area (Å²) in [5, 5.41) is 11.1. The molecule has 2 fully saturated rings. The maximum atomic E-state index is 14.1. The van der Waals surface area contributed by atoms with Gasteiger partial charge >= 0.3 is 0 Å². The number of anilines is 1. The van der Waals surface area contributed by atoms with E-state index in [9.17, 15) is 9.59 Å². The van der Waals surface area contributed by atoms with E-state index < -0.39 is 6.04 Å². The van der Waals surface area contributed by atoms with Crippen molar-refractivity contribution >= 4 is 28.4 Å². The van der Waals surface area contributed by atoms with E-state index in [1.165, 1.54) is 22.9 Å². The molecule has 0 unspecified atom stereocenters. The number of benzene rings is 1. The lowest BCUT2D eigenvalue weighted by molar-refractivity contribution is -0.139. The van der Waals surface area contributed by atoms with Gasteiger partial charge in [-0.1, -0.05) is 44.7 Å². The fourth-order valence-electron chi connectivity index (χ4n) is 6.74. The third-order valence-electron chi connectivity index (χ3n) is 9.47. The molecule has 1 aromatic heterocycles. The molecule has 0 bridgehead atoms. The van der Waals surface area contributed by atoms with Crippen molar-refractivity contribution in [1.29, 1.82) is 0 Å². The number of methoxy groups -OCH3 is 1. The first-order valence-electron chi connectivity index (χ1n) is 17.2. The molecular weight excluding hydrogens is 570 g/mol. The van der Waals surface area contributed by atoms with Crippen LogP contribution in [0.1, 0.15) is 75.1 Å². The minimum atomic E-state index is -0.460. The third-order valence-corrected chi connectivity index (χ3v) is 9.47. The lowest BCUT2D eigenvalue weighted by atomic mass is 9.83. The second-order valence-corrected chi connectivity index (χ2v) is 12.7. The predicted octanol–water partition coefficient (Wildman–Crippen LogP) is 5.09. The van der Waals surface area contributed by atoms with Gasteiger partial charge in [-0.3, -0.25) is 9.59 Å². The van der Waals surface area contributed by atoms with Crippen LogP contribution in [0.25, 0.3) is 10.9 Å². The Labute approximate surface area is 274 Å². The van der Waals surface area contributed by atoms with Gasteiger partial charge in [0.2, 0.25) is 11.8 Å². The van der Waals surface area contributed by atoms with Gasteiger partial charge in [0.1, 0.15) is 6.04 Å². The van der Waals surface area contributed by atoms with E-state index in [4.69, 9.17) is 14.2 Å². The Balaban J connectivity index is 0.00000384. The standard InChI is InChI=1S/C35H57N5O5.3H2/c1-5-10-27-14-15-30-31(25-39(32(30)23-27)17-18-44-21-22-45-20-19-43-4)37-24-29-13-9-16-40(29)35(42)33(28-11-7-6-8-12-28)38-34(41)26(2)36-3;;;/h14-15,23,25-26,28-29,33,36-37H,5-13,16-22,24H2,1-4H3,(H,38,41);3*1H/t26-,29-,33-;;;/m0.../s1. The average Bonchev–Trinajstić information content (AvgIpc) is 3.68. The van der Waals surface area contributed by atoms with Crippen LogP contribution in [-0.2, 0) is 36.8 Å². The van der Waals surface area contributed by atoms with Gasteiger partial charge < -0.3 is 39.6 Å². The Morgan fingerprint density at radius 1 is 1.02 bits per heavy atom. The number of hydrogen-bond acceptors (Lipinski definition) is 7. The van der Waals surface area contributed by atoms with E-state index in [1.54, 1.807) is 14.2 Å². The summed E-state index contributed by atoms with van der Waals surface area (Å²) in [6, 6.07) is 6.03. The zero-order valence-electron chi connectivity index (χ0n) is 28.1. The van der Waals surface area contributed by atoms with Crippen molar-refractivity contribution in [3.05, 3.63) is 30.0 Å². The molecule has 45 heavy (non-hydrogen) atoms. The largest absolute Gasteiger partial charge is 0.382 e. The maximum absolute atomic E-state index is 14.1. The number of likely N-dealkylation sites (N-methyl/N-ethyl adjacent to an activating group) is 1. The van der Waals surface area contributed by atoms with E-state index in [2.05, 4.69) is 51.8 Å². The van der Waals surface area contributed by atoms with Crippen LogP contribution in [0.3, 0.4) is 0 Å². The van der Waals surface area contributed by atoms with Crippen molar-refractivity contribution in [3.8, 4) is 0 Å². The van der Waals surface area contributed by atoms with Crippen LogP contribution in [0.4, 0.5) is 5.69 Å². The van der Waals surface area contributed by atoms with E-state index in [-0.39, 0.29) is 34.1 Å². The molecule has 0 spiro atoms. The van der Waals surface area contributed by atoms with Crippen molar-refractivity contribution in [2.75, 3.05) is 65.6 Å². The van der Waals surface area contributed by atoms with E-state index in [0.717, 1.165) is 70.1 Å². The highest BCUT2D eigenvalue weighted by molar-refractivity contribution is 5.94. The summed E-state index contributed by atoms with van der Waals surface area (Å²) in [5.41, 5.74) is 3.61. The number of hydrogen-bond donors (Lipinski definition) is 3. The fraction of sp³-hybridized carbons (Fsp3) is 0.714. The molecule has 1 saturated carbocycles. The van der Waals surface area contributed by atoms with Gasteiger partial charge in [-0.15, -0.1) is 0 Å². The van der Waals surface area contributed by atoms with Crippen LogP contribution in [0.2, 0.25) is 0 Å². The molecule has 4 rings (SSSR count). The summed E-state index contributed by atoms with van der Waals surface area (Å²) in [4.78, 5) is 29.1. The fourth-order valence-corrected chi connectivity index (χ4v) is 6.74. The van der Waals surface area contributed by atoms with Crippen LogP contribution < -0.4 is 16.0 Å². The molecule has 1 aromatic carbocycles. The van der Waals surface area contributed by atoms with Gasteiger partial charge in [0.25, 0.3) is 0 Å². The second kappa shape index (κ2) is 18.5. The SMILES string of the molecule is CCCc1ccc2c(NC[C@@H]3CCCN3C(=O)[C@@H](NC(=O)[C@H](C)NC)C3CCCCC3)cn(CCOCCOCCOC)c2c1.[HH].[HH].[HH]. The van der Waals surface area contributed by atoms with Crippen molar-refractivity contribution < 1.29 is 28.1 Å². The zero-order chi connectivity index (χ0) is 32.0. The number of rotatable bonds is 19. The lowest BCUT2D eigenvalue weighted by Crippen LogP contribution is -2.57. The number of likely N-dealkylation sites (tertiary alicyclic amines) is 1. The average molecular weight is 634 g/mol. The highest BCUT2D eigenvalue weighted by atomic mass is 16.5. The summed E-state index contributed by atoms with van der Waals surface area (Å²) in [6.45, 7) is 9.07. The molecule has 2 aromatic rings. The Kier molecular flexibility index (Phi) is 14.5. The Hall–Kier alpha value is -2.66. The van der Waals surface area contributed by atoms with Crippen LogP contribution in [-0.4, -0.2) is 99.7 Å². The Bertz CT molecular complexity index is 1210. The van der Waals surface area contributed by atoms with Crippen molar-refractivity contribution in [3.63, 3.8) is 0 Å². The van der Waals surface area contributed by atoms with E-state index in [0.29, 0.717) is 39.6 Å². The monoisotopic (exact) mass is 633 g/mol. The summed E-state index contributed by atoms with van der Waals surface area (Å²) >= 11 is 0. The predicted molar refractivity (Wildman–Crippen MR) is 186 cm³/mol. The summed E-state index contributed by atoms with van der Waals surface area (Å²) < 4.78 is 18.7. The number of aryl methyl sites for hydroxylation is 1. The Morgan fingerprint density at radius 2 is 1.78 bits per heavy atom. The van der Waals surface area contributed by atoms with Crippen LogP contribution in [0, 0.1) is 5.92 Å². The summed E-state index contributed by atoms with van der Waals surface area (Å²) in [7, 11) is 3.45. The second-order valence-electron chi connectivity index (χ2n) is 12.7. The number of carbonyl (C=O) groups excluding carboxylic acids is 2. The summed E-state index contributed by atoms with van der Waals surface area (Å²) in [5.74, 6) is 0.175. The summed E-state index contributed by atoms with van der Waals surface area (Å²) in [6.07, 6.45) is 11.7. The third kappa shape index (κ3) is 9.91. The zero-order valence-corrected chi connectivity index (χ0v) is 28.1. The van der Waals surface area contributed by atoms with Crippen molar-refractivity contribution in [2.24, 2.45) is 5.92 Å². The van der Waals surface area contributed by atoms with Gasteiger partial charge in [0.15, 0.2) is 0 Å². The van der Waals surface area contributed by atoms with E-state index in [1.807, 2.05) is 11.8 Å². The first-order chi connectivity index (χ1) is 22.0. The minimum absolute atomic E-state index is 0. The molecule has 2 aliphatic rings. The van der Waals surface area contributed by atoms with Crippen LogP contribution in [0.15, 0.2) is 24.4 Å². The van der Waals surface area contributed by atoms with Gasteiger partial charge in [-0.25, -0.2) is 0 Å². The van der Waals surface area contributed by atoms with Gasteiger partial charge in [0, 0.05) is 48.6 Å². The number of nitrogens with zero attached hydrogens (tertiary/aromatic N) is 2. The maximum Gasteiger partial charge on any atom is 0.245 e. The highest BCUT2D eigenvalue weighted by Gasteiger charge is 2.38. The van der Waals surface area contributed by atoms with Crippen molar-refractivity contribution in [1.82, 2.24) is 20.1 Å². The molecule has 1 saturated heterocycles. The molecule has 1 aliphatic carbocycles. The van der Waals surface area contributed by atoms with Crippen LogP contribution >= 0.6 is 0 Å².